The summed E-state index contributed by atoms with van der Waals surface area (Å²) in [5.41, 5.74) is -16.7. The molecule has 3 unspecified atom stereocenters. The maximum Gasteiger partial charge on any atom is 3.00 e. The molecule has 0 aromatic heterocycles. The fourth-order valence-electron chi connectivity index (χ4n) is 0.347. The summed E-state index contributed by atoms with van der Waals surface area (Å²) in [5, 5.41) is 0. The van der Waals surface area contributed by atoms with E-state index >= 15 is 0 Å². The Bertz CT molecular complexity index is 543. The summed E-state index contributed by atoms with van der Waals surface area (Å²) >= 11 is 0. The van der Waals surface area contributed by atoms with Crippen LogP contribution in [0, 0.1) is 0 Å². The van der Waals surface area contributed by atoms with E-state index < -0.39 is 59.6 Å². The van der Waals surface area contributed by atoms with Gasteiger partial charge in [-0.05, 0) is 0 Å². The van der Waals surface area contributed by atoms with Crippen LogP contribution >= 0.6 is 24.1 Å². The van der Waals surface area contributed by atoms with E-state index in [9.17, 15) is 94.2 Å². The molecule has 0 bridgehead atoms. The first-order valence-electron chi connectivity index (χ1n) is 5.56. The van der Waals surface area contributed by atoms with Gasteiger partial charge in [0.1, 0.15) is 0 Å². The van der Waals surface area contributed by atoms with E-state index in [1.165, 1.54) is 0 Å². The molecule has 31 heavy (non-hydrogen) atoms. The Morgan fingerprint density at radius 3 is 0.484 bits per heavy atom. The fourth-order valence-corrected chi connectivity index (χ4v) is 1.04. The van der Waals surface area contributed by atoms with E-state index in [2.05, 4.69) is 0 Å². The van der Waals surface area contributed by atoms with Gasteiger partial charge in [-0.2, -0.15) is 65.9 Å². The second-order valence-corrected chi connectivity index (χ2v) is 7.69. The van der Waals surface area contributed by atoms with Crippen molar-refractivity contribution in [2.24, 2.45) is 0 Å². The van der Waals surface area contributed by atoms with Crippen LogP contribution in [0.1, 0.15) is 0 Å². The second-order valence-electron chi connectivity index (χ2n) is 4.08. The van der Waals surface area contributed by atoms with Gasteiger partial charge in [-0.25, -0.2) is 0 Å². The molecule has 0 saturated heterocycles. The molecule has 0 aromatic carbocycles. The first-order chi connectivity index (χ1) is 12.6. The molecule has 188 valence electrons. The molecule has 0 N–H and O–H groups in total. The summed E-state index contributed by atoms with van der Waals surface area (Å²) < 4.78 is 195. The molecule has 0 aliphatic heterocycles. The van der Waals surface area contributed by atoms with Crippen molar-refractivity contribution in [2.75, 3.05) is 0 Å². The third-order valence-corrected chi connectivity index (χ3v) is 4.23. The monoisotopic (exact) mass is 758 g/mol. The third kappa shape index (κ3) is 11.9. The summed E-state index contributed by atoms with van der Waals surface area (Å²) in [6.07, 6.45) is -18.0. The molecule has 0 spiro atoms. The van der Waals surface area contributed by atoms with Crippen LogP contribution in [0.5, 0.6) is 0 Å². The van der Waals surface area contributed by atoms with Gasteiger partial charge in [-0.15, -0.1) is 0 Å². The van der Waals surface area contributed by atoms with Gasteiger partial charge in [0.25, 0.3) is 0 Å². The van der Waals surface area contributed by atoms with Gasteiger partial charge >= 0.3 is 61.7 Å². The molecule has 0 amide bonds. The summed E-state index contributed by atoms with van der Waals surface area (Å²) in [6.45, 7) is 0. The number of alkyl halides is 15. The minimum atomic E-state index is -6.00. The first kappa shape index (κ1) is 38.7. The second kappa shape index (κ2) is 12.8. The van der Waals surface area contributed by atoms with Crippen molar-refractivity contribution in [3.8, 4) is 0 Å². The summed E-state index contributed by atoms with van der Waals surface area (Å²) in [5.74, 6) is 0. The Balaban J connectivity index is -0.000000174. The van der Waals surface area contributed by atoms with Crippen LogP contribution in [0.3, 0.4) is 0 Å². The van der Waals surface area contributed by atoms with E-state index in [1.54, 1.807) is 0 Å². The summed E-state index contributed by atoms with van der Waals surface area (Å²) in [7, 11) is -15.4. The van der Waals surface area contributed by atoms with Crippen molar-refractivity contribution in [3.63, 3.8) is 0 Å². The molecule has 2 radical (unpaired) electrons. The molecule has 0 aliphatic carbocycles. The smallest absolute Gasteiger partial charge is 0.797 e. The van der Waals surface area contributed by atoms with Gasteiger partial charge in [0.2, 0.25) is 0 Å². The van der Waals surface area contributed by atoms with Gasteiger partial charge in [-0.3, -0.25) is 0 Å². The maximum absolute atomic E-state index is 11.3. The van der Waals surface area contributed by atoms with Crippen molar-refractivity contribution in [2.45, 2.75) is 35.5 Å². The Labute approximate surface area is 180 Å². The molecule has 0 rings (SSSR count). The Morgan fingerprint density at radius 2 is 0.484 bits per heavy atom. The predicted molar refractivity (Wildman–Crippen MR) is 65.8 cm³/mol. The molecule has 0 saturated carbocycles. The zero-order valence-corrected chi connectivity index (χ0v) is 19.5. The van der Waals surface area contributed by atoms with E-state index in [-0.39, 0.29) is 26.2 Å². The van der Waals surface area contributed by atoms with Crippen LogP contribution in [0.15, 0.2) is 0 Å². The molecule has 6 nitrogen and oxygen atoms in total. The molecule has 3 atom stereocenters. The van der Waals surface area contributed by atoms with Gasteiger partial charge < -0.3 is 28.4 Å². The fraction of sp³-hybridized carbons (Fsp3) is 1.00. The van der Waals surface area contributed by atoms with Gasteiger partial charge in [-0.1, -0.05) is 0 Å². The first-order valence-corrected chi connectivity index (χ1v) is 9.51. The molecule has 0 fully saturated rings. The third-order valence-electron chi connectivity index (χ3n) is 1.84. The van der Waals surface area contributed by atoms with E-state index in [1.807, 2.05) is 0 Å². The van der Waals surface area contributed by atoms with Crippen molar-refractivity contribution < 1.29 is 94.2 Å². The van der Waals surface area contributed by atoms with E-state index in [0.717, 1.165) is 0 Å². The molecule has 0 heterocycles. The average molecular weight is 758 g/mol. The van der Waals surface area contributed by atoms with Crippen molar-refractivity contribution >= 4 is 50.3 Å². The Hall–Kier alpha value is 0.403. The quantitative estimate of drug-likeness (QED) is 0.248. The van der Waals surface area contributed by atoms with E-state index in [4.69, 9.17) is 0 Å². The van der Waals surface area contributed by atoms with Gasteiger partial charge in [0.15, 0.2) is 0 Å². The van der Waals surface area contributed by atoms with Crippen LogP contribution in [0.4, 0.5) is 65.9 Å². The van der Waals surface area contributed by atoms with Crippen molar-refractivity contribution in [1.29, 1.82) is 0 Å². The van der Waals surface area contributed by atoms with Crippen molar-refractivity contribution in [1.82, 2.24) is 0 Å². The number of rotatable bonds is 3. The standard InChI is InChI=1S/3C2H2F5O2P.Bi/c3*3-1(4,5)2(6,7)10(8)9;/h3*10H,(H,8,9);/q;;;+3/p-3. The zero-order chi connectivity index (χ0) is 25.7. The summed E-state index contributed by atoms with van der Waals surface area (Å²) in [6, 6.07) is 0. The van der Waals surface area contributed by atoms with Crippen LogP contribution < -0.4 is 14.7 Å². The van der Waals surface area contributed by atoms with Crippen LogP contribution in [-0.4, -0.2) is 61.7 Å². The Morgan fingerprint density at radius 1 is 0.387 bits per heavy atom. The number of hydrogen-bond acceptors (Lipinski definition) is 6. The SMILES string of the molecule is O=[PH]([O-])C(F)(F)C(F)(F)F.O=[PH]([O-])C(F)(F)C(F)(F)F.O=[PH]([O-])C(F)(F)C(F)(F)F.[Bi+3]. The Kier molecular flexibility index (Phi) is 15.9. The largest absolute Gasteiger partial charge is 3.00 e. The van der Waals surface area contributed by atoms with Gasteiger partial charge in [0, 0.05) is 0 Å². The molecular weight excluding hydrogens is 755 g/mol. The number of hydrogen-bond donors (Lipinski definition) is 0. The number of halogens is 15. The molecule has 0 aliphatic rings. The van der Waals surface area contributed by atoms with Crippen LogP contribution in [0.25, 0.3) is 0 Å². The summed E-state index contributed by atoms with van der Waals surface area (Å²) in [4.78, 5) is 27.8. The minimum absolute atomic E-state index is 0. The predicted octanol–water partition coefficient (Wildman–Crippen LogP) is 2.55. The zero-order valence-electron chi connectivity index (χ0n) is 13.1. The van der Waals surface area contributed by atoms with Crippen LogP contribution in [0.2, 0.25) is 0 Å². The molecular formula is C6H3BiF15O6P3. The van der Waals surface area contributed by atoms with Gasteiger partial charge in [0.05, 0.1) is 24.1 Å². The topological polar surface area (TPSA) is 120 Å². The average Bonchev–Trinajstić information content (AvgIpc) is 2.44. The van der Waals surface area contributed by atoms with Crippen LogP contribution in [-0.2, 0) is 13.7 Å². The molecule has 0 aromatic rings. The van der Waals surface area contributed by atoms with E-state index in [0.29, 0.717) is 0 Å². The maximum atomic E-state index is 11.3. The van der Waals surface area contributed by atoms with Crippen molar-refractivity contribution in [3.05, 3.63) is 0 Å². The minimum Gasteiger partial charge on any atom is -0.797 e. The normalized spacial score (nSPS) is 16.5. The molecule has 25 heteroatoms.